The molecule has 0 radical (unpaired) electrons. The van der Waals surface area contributed by atoms with Crippen LogP contribution in [-0.4, -0.2) is 163 Å². The van der Waals surface area contributed by atoms with Gasteiger partial charge in [-0.25, -0.2) is 0 Å². The molecule has 0 bridgehead atoms. The van der Waals surface area contributed by atoms with Crippen molar-refractivity contribution in [3.63, 3.8) is 0 Å². The molecule has 622 valence electrons. The number of nitrogens with zero attached hydrogens (tertiary/aromatic N) is 5. The van der Waals surface area contributed by atoms with E-state index in [1.165, 1.54) is 92.7 Å². The Hall–Kier alpha value is -8.81. The third-order valence-corrected chi connectivity index (χ3v) is 22.4. The second-order valence-electron chi connectivity index (χ2n) is 30.5. The Bertz CT molecular complexity index is 4130. The van der Waals surface area contributed by atoms with E-state index in [2.05, 4.69) is 72.3 Å². The van der Waals surface area contributed by atoms with Crippen LogP contribution in [-0.2, 0) is 42.3 Å². The lowest BCUT2D eigenvalue weighted by molar-refractivity contribution is -0.385. The number of piperidine rings is 2. The number of hydrogen-bond acceptors (Lipinski definition) is 15. The summed E-state index contributed by atoms with van der Waals surface area (Å²) in [5.41, 5.74) is 4.96. The van der Waals surface area contributed by atoms with Crippen LogP contribution in [0.25, 0.3) is 0 Å². The molecule has 3 aliphatic carbocycles. The van der Waals surface area contributed by atoms with Crippen LogP contribution in [0.15, 0.2) is 121 Å². The zero-order valence-electron chi connectivity index (χ0n) is 64.7. The van der Waals surface area contributed by atoms with Crippen molar-refractivity contribution in [3.8, 4) is 5.75 Å². The first-order valence-corrected chi connectivity index (χ1v) is 39.4. The monoisotopic (exact) mass is 1630 g/mol. The summed E-state index contributed by atoms with van der Waals surface area (Å²) in [6, 6.07) is 32.8. The van der Waals surface area contributed by atoms with E-state index in [0.717, 1.165) is 120 Å². The fourth-order valence-electron chi connectivity index (χ4n) is 15.4. The number of benzene rings is 6. The summed E-state index contributed by atoms with van der Waals surface area (Å²) in [6.07, 6.45) is -5.53. The summed E-state index contributed by atoms with van der Waals surface area (Å²) < 4.78 is 177. The van der Waals surface area contributed by atoms with Crippen molar-refractivity contribution < 1.29 is 86.1 Å². The van der Waals surface area contributed by atoms with Crippen molar-refractivity contribution >= 4 is 68.8 Å². The number of carbonyl (C=O) groups excluding carboxylic acids is 2. The van der Waals surface area contributed by atoms with Gasteiger partial charge in [0.25, 0.3) is 5.69 Å². The molecular formula is C83H102F12N10O8S. The maximum Gasteiger partial charge on any atom is 0.573 e. The van der Waals surface area contributed by atoms with Crippen molar-refractivity contribution in [2.24, 2.45) is 0 Å². The highest BCUT2D eigenvalue weighted by molar-refractivity contribution is 7.80. The van der Waals surface area contributed by atoms with Gasteiger partial charge < -0.3 is 65.1 Å². The molecule has 5 N–H and O–H groups in total. The number of aryl methyl sites for hydroxylation is 5. The lowest BCUT2D eigenvalue weighted by Gasteiger charge is -2.38. The van der Waals surface area contributed by atoms with Crippen molar-refractivity contribution in [2.75, 3.05) is 104 Å². The molecule has 12 rings (SSSR count). The molecule has 2 amide bonds. The van der Waals surface area contributed by atoms with Crippen LogP contribution in [0.1, 0.15) is 147 Å². The largest absolute Gasteiger partial charge is 0.573 e. The van der Waals surface area contributed by atoms with Gasteiger partial charge in [0.05, 0.1) is 46.5 Å². The number of amides is 2. The molecule has 6 aromatic rings. The van der Waals surface area contributed by atoms with Crippen LogP contribution in [0.3, 0.4) is 0 Å². The summed E-state index contributed by atoms with van der Waals surface area (Å²) >= 11 is 5.66. The van der Waals surface area contributed by atoms with Crippen molar-refractivity contribution in [2.45, 2.75) is 211 Å². The van der Waals surface area contributed by atoms with Crippen LogP contribution in [0.2, 0.25) is 0 Å². The van der Waals surface area contributed by atoms with E-state index >= 15 is 0 Å². The Balaban J connectivity index is 0.000000181. The molecule has 0 unspecified atom stereocenters. The summed E-state index contributed by atoms with van der Waals surface area (Å²) in [4.78, 5) is 45.0. The molecule has 6 aromatic carbocycles. The molecule has 3 saturated heterocycles. The first-order chi connectivity index (χ1) is 54.0. The van der Waals surface area contributed by atoms with Crippen molar-refractivity contribution in [1.29, 1.82) is 0 Å². The van der Waals surface area contributed by atoms with Gasteiger partial charge in [0.2, 0.25) is 11.8 Å². The zero-order chi connectivity index (χ0) is 82.1. The number of anilines is 6. The van der Waals surface area contributed by atoms with E-state index in [1.807, 2.05) is 4.90 Å². The van der Waals surface area contributed by atoms with E-state index in [-0.39, 0.29) is 102 Å². The fraction of sp³-hybridized carbons (Fsp3) is 0.530. The predicted molar refractivity (Wildman–Crippen MR) is 420 cm³/mol. The molecule has 18 nitrogen and oxygen atoms in total. The van der Waals surface area contributed by atoms with E-state index in [0.29, 0.717) is 86.8 Å². The highest BCUT2D eigenvalue weighted by Crippen LogP contribution is 2.39. The second kappa shape index (κ2) is 39.7. The predicted octanol–water partition coefficient (Wildman–Crippen LogP) is 19.0. The first-order valence-electron chi connectivity index (χ1n) is 39.0. The highest BCUT2D eigenvalue weighted by atomic mass is 32.1. The van der Waals surface area contributed by atoms with Gasteiger partial charge in [-0.15, -0.1) is 13.2 Å². The average molecular weight is 1630 g/mol. The number of alkyl halides is 12. The third-order valence-electron chi connectivity index (χ3n) is 22.0. The molecule has 3 saturated carbocycles. The lowest BCUT2D eigenvalue weighted by Crippen LogP contribution is -2.49. The fourth-order valence-corrected chi connectivity index (χ4v) is 15.7. The molecule has 0 spiro atoms. The molecule has 6 aliphatic rings. The lowest BCUT2D eigenvalue weighted by atomic mass is 9.92. The zero-order valence-corrected chi connectivity index (χ0v) is 65.5. The Labute approximate surface area is 662 Å². The van der Waals surface area contributed by atoms with E-state index in [1.54, 1.807) is 42.2 Å². The number of likely N-dealkylation sites (tertiary alicyclic amines) is 2. The van der Waals surface area contributed by atoms with Gasteiger partial charge in [-0.1, -0.05) is 48.1 Å². The molecule has 114 heavy (non-hydrogen) atoms. The molecular weight excluding hydrogens is 1530 g/mol. The second-order valence-corrected chi connectivity index (χ2v) is 31.0. The molecule has 6 fully saturated rings. The smallest absolute Gasteiger partial charge is 0.406 e. The number of nitro benzene ring substituents is 1. The van der Waals surface area contributed by atoms with Gasteiger partial charge in [0.1, 0.15) is 24.0 Å². The first kappa shape index (κ1) is 87.6. The van der Waals surface area contributed by atoms with Crippen LogP contribution in [0.5, 0.6) is 5.75 Å². The minimum Gasteiger partial charge on any atom is -0.406 e. The Kier molecular flexibility index (Phi) is 30.5. The number of piperazine rings is 1. The molecule has 3 aliphatic heterocycles. The number of ether oxygens (including phenoxy) is 4. The van der Waals surface area contributed by atoms with Gasteiger partial charge in [0.15, 0.2) is 0 Å². The number of rotatable bonds is 22. The number of nitro groups is 1. The summed E-state index contributed by atoms with van der Waals surface area (Å²) in [7, 11) is 0. The Morgan fingerprint density at radius 1 is 0.404 bits per heavy atom. The number of nitrogens with one attached hydrogen (secondary N) is 5. The molecule has 31 heteroatoms. The molecule has 0 aromatic heterocycles. The van der Waals surface area contributed by atoms with Crippen LogP contribution < -0.4 is 36.2 Å². The van der Waals surface area contributed by atoms with Gasteiger partial charge in [-0.3, -0.25) is 19.7 Å². The van der Waals surface area contributed by atoms with Gasteiger partial charge in [-0.2, -0.15) is 39.5 Å². The maximum absolute atomic E-state index is 13.2. The van der Waals surface area contributed by atoms with E-state index < -0.39 is 46.5 Å². The Morgan fingerprint density at radius 2 is 0.737 bits per heavy atom. The summed E-state index contributed by atoms with van der Waals surface area (Å²) in [6.45, 7) is 14.6. The topological polar surface area (TPSA) is 187 Å². The summed E-state index contributed by atoms with van der Waals surface area (Å²) in [5.74, 6) is -0.417. The quantitative estimate of drug-likeness (QED) is 0.0187. The maximum atomic E-state index is 13.2. The highest BCUT2D eigenvalue weighted by Gasteiger charge is 2.38. The number of hydrogen-bond donors (Lipinski definition) is 5. The van der Waals surface area contributed by atoms with Crippen LogP contribution >= 0.6 is 12.2 Å². The van der Waals surface area contributed by atoms with Crippen molar-refractivity contribution in [1.82, 2.24) is 14.7 Å². The Morgan fingerprint density at radius 3 is 1.09 bits per heavy atom. The third kappa shape index (κ3) is 26.6. The normalized spacial score (nSPS) is 20.8. The summed E-state index contributed by atoms with van der Waals surface area (Å²) in [5, 5.41) is 27.4. The minimum absolute atomic E-state index is 0.0194. The van der Waals surface area contributed by atoms with Crippen molar-refractivity contribution in [3.05, 3.63) is 176 Å². The van der Waals surface area contributed by atoms with Gasteiger partial charge in [-0.05, 0) is 239 Å². The van der Waals surface area contributed by atoms with Crippen LogP contribution in [0, 0.1) is 44.7 Å². The van der Waals surface area contributed by atoms with Crippen LogP contribution in [0.4, 0.5) is 92.5 Å². The van der Waals surface area contributed by atoms with Gasteiger partial charge in [0, 0.05) is 128 Å². The standard InChI is InChI=1S/C28H33F6N3O3.C28H35F3N4O4.C27H34F3N3OS/c1-18-2-3-22(16-25(18)27(29,30)31)36-20-4-8-23(9-5-20)39-17-26(38)37-14-12-21(13-15-37)35-19-6-10-24(11-7-19)40-28(32,33)34;1-18-3-4-23(16-25(18)28(29,30)31)32-20-5-8-24(9-6-20)39-17-27(36)34-13-11-21(12-14-34)33-22-7-10-26(35(37)38)19(2)15-22;1-19-3-9-23(10-4-19)32-13-15-33(16-14-32)26(35)18-34-24-11-7-21(8-12-24)31-22-6-5-20(2)25(17-22)27(28,29)30/h2-3,6-7,10-11,16,20-21,23,35-36H,4-5,8-9,12-15,17H2,1H3;3-4,7,10,15-16,20-21,24,32-33H,5-6,8-9,11-14,17H2,1-2H3;3-6,9-10,17,21,24,31H,7-8,11-16,18H2,1-2H3. The van der Waals surface area contributed by atoms with Gasteiger partial charge >= 0.3 is 24.9 Å². The SMILES string of the molecule is Cc1cc(NC2CCN(C(=O)COC3CCC(Nc4ccc(C)c(C(F)(F)F)c4)CC3)CC2)ccc1[N+](=O)[O-].Cc1ccc(N2CCN(C(=S)COC3CCC(Nc4ccc(C)c(C(F)(F)F)c4)CC3)CC2)cc1.Cc1ccc(NC2CCC(OCC(=O)N3CCC(Nc4ccc(OC(F)(F)F)cc4)CC3)CC2)cc1C(F)(F)F. The molecule has 0 atom stereocenters. The molecule has 3 heterocycles. The number of carbonyl (C=O) groups is 2. The average Bonchev–Trinajstić information content (AvgIpc) is 0.833. The minimum atomic E-state index is -4.73. The number of thiocarbonyl (C=S) groups is 1. The van der Waals surface area contributed by atoms with E-state index in [4.69, 9.17) is 26.4 Å². The number of halogens is 12. The van der Waals surface area contributed by atoms with E-state index in [9.17, 15) is 72.4 Å².